The van der Waals surface area contributed by atoms with E-state index in [1.165, 1.54) is 25.1 Å². The second-order valence-corrected chi connectivity index (χ2v) is 4.34. The largest absolute Gasteiger partial charge is 0.479 e. The summed E-state index contributed by atoms with van der Waals surface area (Å²) >= 11 is 11.6. The predicted octanol–water partition coefficient (Wildman–Crippen LogP) is 2.33. The Hall–Kier alpha value is -1.10. The highest BCUT2D eigenvalue weighted by atomic mass is 35.5. The number of Topliss-reactive ketones (excluding diaryl/α,β-unsaturated/α-hetero) is 1. The Morgan fingerprint density at radius 3 is 2.41 bits per heavy atom. The van der Waals surface area contributed by atoms with E-state index in [0.717, 1.165) is 0 Å². The Balaban J connectivity index is 3.19. The van der Waals surface area contributed by atoms with Crippen molar-refractivity contribution >= 4 is 35.0 Å². The van der Waals surface area contributed by atoms with Crippen molar-refractivity contribution in [1.29, 1.82) is 0 Å². The first-order valence-corrected chi connectivity index (χ1v) is 5.50. The van der Waals surface area contributed by atoms with E-state index < -0.39 is 17.5 Å². The molecule has 0 fully saturated rings. The normalized spacial score (nSPS) is 14.1. The van der Waals surface area contributed by atoms with E-state index in [1.54, 1.807) is 0 Å². The molecule has 1 aromatic rings. The van der Waals surface area contributed by atoms with Crippen molar-refractivity contribution in [1.82, 2.24) is 0 Å². The quantitative estimate of drug-likeness (QED) is 0.828. The number of hydrogen-bond acceptors (Lipinski definition) is 3. The van der Waals surface area contributed by atoms with Crippen LogP contribution in [0.25, 0.3) is 0 Å². The maximum absolute atomic E-state index is 11.1. The first kappa shape index (κ1) is 14.0. The fraction of sp³-hybridized carbons (Fsp3) is 0.273. The fourth-order valence-corrected chi connectivity index (χ4v) is 1.65. The monoisotopic (exact) mass is 276 g/mol. The second kappa shape index (κ2) is 5.49. The third-order valence-electron chi connectivity index (χ3n) is 2.20. The van der Waals surface area contributed by atoms with Gasteiger partial charge in [0.1, 0.15) is 5.38 Å². The fourth-order valence-electron chi connectivity index (χ4n) is 1.30. The number of benzene rings is 1. The molecule has 6 heteroatoms. The summed E-state index contributed by atoms with van der Waals surface area (Å²) in [4.78, 5) is 21.8. The maximum Gasteiger partial charge on any atom is 0.337 e. The zero-order chi connectivity index (χ0) is 13.2. The lowest BCUT2D eigenvalue weighted by Gasteiger charge is -2.12. The third-order valence-corrected chi connectivity index (χ3v) is 3.10. The highest BCUT2D eigenvalue weighted by molar-refractivity contribution is 6.32. The first-order chi connectivity index (χ1) is 7.84. The molecular weight excluding hydrogens is 267 g/mol. The van der Waals surface area contributed by atoms with Crippen molar-refractivity contribution in [3.8, 4) is 0 Å². The molecule has 0 bridgehead atoms. The average Bonchev–Trinajstić information content (AvgIpc) is 2.27. The molecule has 0 aliphatic carbocycles. The number of aliphatic hydroxyl groups excluding tert-OH is 1. The Bertz CT molecular complexity index is 459. The van der Waals surface area contributed by atoms with Crippen LogP contribution >= 0.6 is 23.2 Å². The molecule has 0 aliphatic heterocycles. The van der Waals surface area contributed by atoms with Gasteiger partial charge < -0.3 is 10.2 Å². The minimum Gasteiger partial charge on any atom is -0.479 e. The summed E-state index contributed by atoms with van der Waals surface area (Å²) in [5, 5.41) is 17.3. The number of carbonyl (C=O) groups excluding carboxylic acids is 1. The number of alkyl halides is 1. The summed E-state index contributed by atoms with van der Waals surface area (Å²) in [6.07, 6.45) is -1.74. The first-order valence-electron chi connectivity index (χ1n) is 4.69. The summed E-state index contributed by atoms with van der Waals surface area (Å²) in [5.74, 6) is -1.69. The van der Waals surface area contributed by atoms with Crippen molar-refractivity contribution < 1.29 is 19.8 Å². The molecule has 2 atom stereocenters. The number of carboxylic acids is 1. The standard InChI is InChI=1S/C11H10Cl2O4/c1-5(14)9(13)6-2-3-8(12)7(4-6)10(15)11(16)17/h2-4,9-10,15H,1H3,(H,16,17). The number of carboxylic acid groups (broad SMARTS) is 1. The van der Waals surface area contributed by atoms with Gasteiger partial charge in [0.15, 0.2) is 11.9 Å². The summed E-state index contributed by atoms with van der Waals surface area (Å²) in [5.41, 5.74) is 0.419. The van der Waals surface area contributed by atoms with E-state index in [2.05, 4.69) is 0 Å². The Morgan fingerprint density at radius 2 is 1.94 bits per heavy atom. The van der Waals surface area contributed by atoms with Crippen LogP contribution < -0.4 is 0 Å². The molecule has 0 aliphatic rings. The number of halogens is 2. The Morgan fingerprint density at radius 1 is 1.35 bits per heavy atom. The van der Waals surface area contributed by atoms with Gasteiger partial charge in [0.05, 0.1) is 0 Å². The van der Waals surface area contributed by atoms with Gasteiger partial charge in [-0.2, -0.15) is 0 Å². The van der Waals surface area contributed by atoms with Crippen LogP contribution in [0.2, 0.25) is 5.02 Å². The van der Waals surface area contributed by atoms with Gasteiger partial charge in [-0.15, -0.1) is 11.6 Å². The van der Waals surface area contributed by atoms with E-state index in [1.807, 2.05) is 0 Å². The van der Waals surface area contributed by atoms with E-state index in [4.69, 9.17) is 28.3 Å². The van der Waals surface area contributed by atoms with E-state index in [9.17, 15) is 14.7 Å². The van der Waals surface area contributed by atoms with Crippen molar-refractivity contribution in [3.05, 3.63) is 34.3 Å². The Labute approximate surface area is 108 Å². The number of ketones is 1. The number of hydrogen-bond donors (Lipinski definition) is 2. The van der Waals surface area contributed by atoms with E-state index in [0.29, 0.717) is 5.56 Å². The second-order valence-electron chi connectivity index (χ2n) is 3.49. The summed E-state index contributed by atoms with van der Waals surface area (Å²) in [6.45, 7) is 1.32. The van der Waals surface area contributed by atoms with Gasteiger partial charge >= 0.3 is 5.97 Å². The maximum atomic E-state index is 11.1. The van der Waals surface area contributed by atoms with Gasteiger partial charge in [-0.1, -0.05) is 17.7 Å². The molecule has 0 heterocycles. The SMILES string of the molecule is CC(=O)C(Cl)c1ccc(Cl)c(C(O)C(=O)O)c1. The third kappa shape index (κ3) is 3.19. The van der Waals surface area contributed by atoms with Gasteiger partial charge in [0.25, 0.3) is 0 Å². The number of aliphatic hydroxyl groups is 1. The van der Waals surface area contributed by atoms with Crippen LogP contribution in [0.15, 0.2) is 18.2 Å². The topological polar surface area (TPSA) is 74.6 Å². The zero-order valence-corrected chi connectivity index (χ0v) is 10.4. The van der Waals surface area contributed by atoms with Crippen molar-refractivity contribution in [2.45, 2.75) is 18.4 Å². The smallest absolute Gasteiger partial charge is 0.337 e. The van der Waals surface area contributed by atoms with Crippen LogP contribution in [0.3, 0.4) is 0 Å². The van der Waals surface area contributed by atoms with Gasteiger partial charge in [0.2, 0.25) is 0 Å². The predicted molar refractivity (Wildman–Crippen MR) is 63.3 cm³/mol. The molecule has 92 valence electrons. The van der Waals surface area contributed by atoms with Gasteiger partial charge in [-0.25, -0.2) is 4.79 Å². The number of rotatable bonds is 4. The van der Waals surface area contributed by atoms with Crippen LogP contribution in [0.1, 0.15) is 29.5 Å². The molecule has 0 saturated heterocycles. The molecule has 2 N–H and O–H groups in total. The van der Waals surface area contributed by atoms with E-state index in [-0.39, 0.29) is 16.4 Å². The van der Waals surface area contributed by atoms with Crippen LogP contribution in [0.5, 0.6) is 0 Å². The molecule has 1 rings (SSSR count). The minimum atomic E-state index is -1.74. The van der Waals surface area contributed by atoms with Crippen LogP contribution in [-0.2, 0) is 9.59 Å². The molecule has 17 heavy (non-hydrogen) atoms. The van der Waals surface area contributed by atoms with Crippen LogP contribution in [-0.4, -0.2) is 22.0 Å². The summed E-state index contributed by atoms with van der Waals surface area (Å²) in [7, 11) is 0. The van der Waals surface area contributed by atoms with Gasteiger partial charge in [-0.3, -0.25) is 4.79 Å². The molecule has 2 unspecified atom stereocenters. The highest BCUT2D eigenvalue weighted by Crippen LogP contribution is 2.29. The highest BCUT2D eigenvalue weighted by Gasteiger charge is 2.22. The minimum absolute atomic E-state index is 0.0172. The summed E-state index contributed by atoms with van der Waals surface area (Å²) < 4.78 is 0. The summed E-state index contributed by atoms with van der Waals surface area (Å²) in [6, 6.07) is 4.23. The van der Waals surface area contributed by atoms with Crippen molar-refractivity contribution in [3.63, 3.8) is 0 Å². The number of aliphatic carboxylic acids is 1. The van der Waals surface area contributed by atoms with Crippen LogP contribution in [0.4, 0.5) is 0 Å². The van der Waals surface area contributed by atoms with Crippen molar-refractivity contribution in [2.75, 3.05) is 0 Å². The van der Waals surface area contributed by atoms with Crippen LogP contribution in [0, 0.1) is 0 Å². The van der Waals surface area contributed by atoms with Gasteiger partial charge in [0, 0.05) is 10.6 Å². The lowest BCUT2D eigenvalue weighted by atomic mass is 10.0. The van der Waals surface area contributed by atoms with Gasteiger partial charge in [-0.05, 0) is 24.6 Å². The van der Waals surface area contributed by atoms with E-state index >= 15 is 0 Å². The lowest BCUT2D eigenvalue weighted by Crippen LogP contribution is -2.12. The van der Waals surface area contributed by atoms with Crippen molar-refractivity contribution in [2.24, 2.45) is 0 Å². The lowest BCUT2D eigenvalue weighted by molar-refractivity contribution is -0.146. The molecule has 0 radical (unpaired) electrons. The molecule has 4 nitrogen and oxygen atoms in total. The average molecular weight is 277 g/mol. The molecule has 0 saturated carbocycles. The Kier molecular flexibility index (Phi) is 4.51. The molecule has 0 aromatic heterocycles. The molecule has 0 spiro atoms. The molecular formula is C11H10Cl2O4. The molecule has 1 aromatic carbocycles. The molecule has 0 amide bonds. The number of carbonyl (C=O) groups is 2. The zero-order valence-electron chi connectivity index (χ0n) is 8.85.